The zero-order valence-electron chi connectivity index (χ0n) is 17.5. The van der Waals surface area contributed by atoms with E-state index in [1.165, 1.54) is 12.1 Å². The number of ether oxygens (including phenoxy) is 1. The van der Waals surface area contributed by atoms with Crippen molar-refractivity contribution in [2.75, 3.05) is 44.6 Å². The van der Waals surface area contributed by atoms with Crippen molar-refractivity contribution in [3.63, 3.8) is 0 Å². The Morgan fingerprint density at radius 2 is 1.88 bits per heavy atom. The van der Waals surface area contributed by atoms with Gasteiger partial charge in [-0.15, -0.1) is 0 Å². The van der Waals surface area contributed by atoms with E-state index in [0.29, 0.717) is 47.5 Å². The lowest BCUT2D eigenvalue weighted by Gasteiger charge is -2.34. The van der Waals surface area contributed by atoms with Gasteiger partial charge in [-0.1, -0.05) is 29.8 Å². The number of para-hydroxylation sites is 1. The zero-order valence-corrected chi connectivity index (χ0v) is 18.3. The maximum atomic E-state index is 13.5. The molecular weight excluding hydrogens is 431 g/mol. The zero-order chi connectivity index (χ0) is 22.3. The fourth-order valence-corrected chi connectivity index (χ4v) is 3.76. The number of hydrogen-bond acceptors (Lipinski definition) is 5. The summed E-state index contributed by atoms with van der Waals surface area (Å²) < 4.78 is 19.3. The van der Waals surface area contributed by atoms with Crippen LogP contribution >= 0.6 is 11.6 Å². The summed E-state index contributed by atoms with van der Waals surface area (Å²) >= 11 is 6.12. The molecule has 1 amide bonds. The van der Waals surface area contributed by atoms with Gasteiger partial charge in [0, 0.05) is 44.6 Å². The minimum Gasteiger partial charge on any atom is -0.491 e. The van der Waals surface area contributed by atoms with E-state index in [2.05, 4.69) is 15.2 Å². The number of rotatable bonds is 7. The first-order valence-electron chi connectivity index (χ1n) is 10.5. The Morgan fingerprint density at radius 1 is 1.06 bits per heavy atom. The minimum absolute atomic E-state index is 0.0935. The molecule has 8 heteroatoms. The van der Waals surface area contributed by atoms with Crippen LogP contribution < -0.4 is 10.1 Å². The molecule has 0 radical (unpaired) electrons. The Balaban J connectivity index is 1.31. The number of hydrogen-bond donors (Lipinski definition) is 1. The molecule has 0 bridgehead atoms. The monoisotopic (exact) mass is 454 g/mol. The number of amides is 1. The van der Waals surface area contributed by atoms with Crippen LogP contribution in [-0.4, -0.2) is 60.0 Å². The number of aromatic nitrogens is 1. The smallest absolute Gasteiger partial charge is 0.257 e. The van der Waals surface area contributed by atoms with Gasteiger partial charge in [0.1, 0.15) is 24.0 Å². The number of nitrogens with zero attached hydrogens (tertiary/aromatic N) is 3. The molecule has 0 unspecified atom stereocenters. The third-order valence-corrected chi connectivity index (χ3v) is 5.60. The van der Waals surface area contributed by atoms with Crippen LogP contribution in [0, 0.1) is 5.82 Å². The van der Waals surface area contributed by atoms with Crippen LogP contribution in [0.15, 0.2) is 66.9 Å². The second kappa shape index (κ2) is 10.4. The number of halogens is 2. The summed E-state index contributed by atoms with van der Waals surface area (Å²) in [5.74, 6) is 0.647. The van der Waals surface area contributed by atoms with Gasteiger partial charge in [0.05, 0.1) is 10.6 Å². The van der Waals surface area contributed by atoms with Crippen molar-refractivity contribution in [3.05, 3.63) is 83.3 Å². The number of nitrogens with one attached hydrogen (secondary N) is 1. The maximum absolute atomic E-state index is 13.5. The standard InChI is InChI=1S/C24H24ClFN4O2/c25-21-8-1-2-9-22(21)32-16-15-29-11-13-30(14-12-29)24(31)20-7-4-10-27-23(20)28-19-6-3-5-18(26)17-19/h1-10,17H,11-16H2,(H,27,28). The molecule has 0 atom stereocenters. The van der Waals surface area contributed by atoms with Gasteiger partial charge in [-0.05, 0) is 42.5 Å². The van der Waals surface area contributed by atoms with E-state index in [9.17, 15) is 9.18 Å². The minimum atomic E-state index is -0.353. The lowest BCUT2D eigenvalue weighted by atomic mass is 10.2. The second-order valence-electron chi connectivity index (χ2n) is 7.45. The average molecular weight is 455 g/mol. The number of carbonyl (C=O) groups is 1. The van der Waals surface area contributed by atoms with E-state index in [4.69, 9.17) is 16.3 Å². The topological polar surface area (TPSA) is 57.7 Å². The van der Waals surface area contributed by atoms with Crippen molar-refractivity contribution < 1.29 is 13.9 Å². The first-order chi connectivity index (χ1) is 15.6. The molecule has 166 valence electrons. The van der Waals surface area contributed by atoms with Crippen LogP contribution in [0.2, 0.25) is 5.02 Å². The SMILES string of the molecule is O=C(c1cccnc1Nc1cccc(F)c1)N1CCN(CCOc2ccccc2Cl)CC1. The fourth-order valence-electron chi connectivity index (χ4n) is 3.57. The van der Waals surface area contributed by atoms with Crippen LogP contribution in [0.1, 0.15) is 10.4 Å². The molecule has 1 aromatic heterocycles. The molecule has 6 nitrogen and oxygen atoms in total. The molecule has 1 N–H and O–H groups in total. The predicted molar refractivity (Wildman–Crippen MR) is 123 cm³/mol. The highest BCUT2D eigenvalue weighted by Crippen LogP contribution is 2.23. The van der Waals surface area contributed by atoms with Crippen LogP contribution in [0.3, 0.4) is 0 Å². The third-order valence-electron chi connectivity index (χ3n) is 5.29. The summed E-state index contributed by atoms with van der Waals surface area (Å²) in [7, 11) is 0. The van der Waals surface area contributed by atoms with Gasteiger partial charge in [0.15, 0.2) is 0 Å². The van der Waals surface area contributed by atoms with Gasteiger partial charge in [-0.25, -0.2) is 9.37 Å². The summed E-state index contributed by atoms with van der Waals surface area (Å²) in [5, 5.41) is 3.65. The second-order valence-corrected chi connectivity index (χ2v) is 7.85. The molecule has 4 rings (SSSR count). The average Bonchev–Trinajstić information content (AvgIpc) is 2.81. The Hall–Kier alpha value is -3.16. The summed E-state index contributed by atoms with van der Waals surface area (Å²) in [6.07, 6.45) is 1.61. The molecular formula is C24H24ClFN4O2. The van der Waals surface area contributed by atoms with E-state index in [1.54, 1.807) is 36.5 Å². The number of piperazine rings is 1. The summed E-state index contributed by atoms with van der Waals surface area (Å²) in [6, 6.07) is 17.0. The molecule has 1 aliphatic rings. The maximum Gasteiger partial charge on any atom is 0.257 e. The van der Waals surface area contributed by atoms with E-state index in [-0.39, 0.29) is 11.7 Å². The van der Waals surface area contributed by atoms with Gasteiger partial charge in [0.25, 0.3) is 5.91 Å². The van der Waals surface area contributed by atoms with Gasteiger partial charge in [0.2, 0.25) is 0 Å². The molecule has 1 fully saturated rings. The Bertz CT molecular complexity index is 1070. The fraction of sp³-hybridized carbons (Fsp3) is 0.250. The molecule has 0 spiro atoms. The number of anilines is 2. The first kappa shape index (κ1) is 22.0. The highest BCUT2D eigenvalue weighted by Gasteiger charge is 2.24. The van der Waals surface area contributed by atoms with Crippen LogP contribution in [0.25, 0.3) is 0 Å². The quantitative estimate of drug-likeness (QED) is 0.571. The Labute approximate surface area is 191 Å². The van der Waals surface area contributed by atoms with Gasteiger partial charge in [-0.3, -0.25) is 9.69 Å². The molecule has 1 saturated heterocycles. The van der Waals surface area contributed by atoms with E-state index in [1.807, 2.05) is 23.1 Å². The Morgan fingerprint density at radius 3 is 2.66 bits per heavy atom. The molecule has 3 aromatic rings. The summed E-state index contributed by atoms with van der Waals surface area (Å²) in [6.45, 7) is 4.02. The highest BCUT2D eigenvalue weighted by molar-refractivity contribution is 6.32. The largest absolute Gasteiger partial charge is 0.491 e. The lowest BCUT2D eigenvalue weighted by molar-refractivity contribution is 0.0621. The molecule has 0 saturated carbocycles. The third kappa shape index (κ3) is 5.55. The molecule has 2 aromatic carbocycles. The number of benzene rings is 2. The van der Waals surface area contributed by atoms with Crippen molar-refractivity contribution in [3.8, 4) is 5.75 Å². The highest BCUT2D eigenvalue weighted by atomic mass is 35.5. The summed E-state index contributed by atoms with van der Waals surface area (Å²) in [5.41, 5.74) is 1.01. The van der Waals surface area contributed by atoms with Crippen molar-refractivity contribution in [1.29, 1.82) is 0 Å². The van der Waals surface area contributed by atoms with Crippen molar-refractivity contribution in [2.45, 2.75) is 0 Å². The molecule has 1 aliphatic heterocycles. The molecule has 32 heavy (non-hydrogen) atoms. The number of carbonyl (C=O) groups excluding carboxylic acids is 1. The lowest BCUT2D eigenvalue weighted by Crippen LogP contribution is -2.49. The van der Waals surface area contributed by atoms with E-state index >= 15 is 0 Å². The van der Waals surface area contributed by atoms with Crippen molar-refractivity contribution in [2.24, 2.45) is 0 Å². The first-order valence-corrected chi connectivity index (χ1v) is 10.8. The van der Waals surface area contributed by atoms with Gasteiger partial charge < -0.3 is 15.0 Å². The Kier molecular flexibility index (Phi) is 7.19. The van der Waals surface area contributed by atoms with Crippen LogP contribution in [-0.2, 0) is 0 Å². The van der Waals surface area contributed by atoms with Crippen molar-refractivity contribution in [1.82, 2.24) is 14.8 Å². The molecule has 2 heterocycles. The van der Waals surface area contributed by atoms with E-state index in [0.717, 1.165) is 19.6 Å². The van der Waals surface area contributed by atoms with Gasteiger partial charge >= 0.3 is 0 Å². The predicted octanol–water partition coefficient (Wildman–Crippen LogP) is 4.45. The van der Waals surface area contributed by atoms with Crippen LogP contribution in [0.4, 0.5) is 15.9 Å². The molecule has 0 aliphatic carbocycles. The van der Waals surface area contributed by atoms with Gasteiger partial charge in [-0.2, -0.15) is 0 Å². The van der Waals surface area contributed by atoms with Crippen molar-refractivity contribution >= 4 is 29.0 Å². The van der Waals surface area contributed by atoms with Crippen LogP contribution in [0.5, 0.6) is 5.75 Å². The summed E-state index contributed by atoms with van der Waals surface area (Å²) in [4.78, 5) is 21.5. The van der Waals surface area contributed by atoms with E-state index < -0.39 is 0 Å². The normalized spacial score (nSPS) is 14.2. The number of pyridine rings is 1.